The first kappa shape index (κ1) is 14.3. The van der Waals surface area contributed by atoms with Crippen LogP contribution in [0.15, 0.2) is 48.5 Å². The predicted molar refractivity (Wildman–Crippen MR) is 89.5 cm³/mol. The maximum absolute atomic E-state index is 3.88. The van der Waals surface area contributed by atoms with Crippen LogP contribution in [0.5, 0.6) is 0 Å². The van der Waals surface area contributed by atoms with Crippen molar-refractivity contribution in [3.05, 3.63) is 70.8 Å². The largest absolute Gasteiger partial charge is 0.303 e. The number of hydrogen-bond donors (Lipinski definition) is 1. The molecule has 3 rings (SSSR count). The number of nitrogens with one attached hydrogen (secondary N) is 1. The van der Waals surface area contributed by atoms with E-state index in [0.717, 1.165) is 5.92 Å². The molecule has 0 radical (unpaired) electrons. The van der Waals surface area contributed by atoms with Crippen molar-refractivity contribution in [3.8, 4) is 0 Å². The summed E-state index contributed by atoms with van der Waals surface area (Å²) in [6.07, 6.45) is 2.75. The average Bonchev–Trinajstić information content (AvgIpc) is 3.33. The molecule has 110 valence electrons. The topological polar surface area (TPSA) is 12.0 Å². The minimum atomic E-state index is 0.293. The Hall–Kier alpha value is -1.60. The molecule has 0 heterocycles. The number of benzene rings is 2. The summed E-state index contributed by atoms with van der Waals surface area (Å²) in [4.78, 5) is 0. The molecule has 0 bridgehead atoms. The van der Waals surface area contributed by atoms with Crippen LogP contribution in [0.2, 0.25) is 0 Å². The van der Waals surface area contributed by atoms with E-state index < -0.39 is 0 Å². The number of aryl methyl sites for hydroxylation is 2. The van der Waals surface area contributed by atoms with Gasteiger partial charge in [-0.05, 0) is 56.2 Å². The third kappa shape index (κ3) is 3.36. The van der Waals surface area contributed by atoms with Gasteiger partial charge in [-0.1, -0.05) is 54.1 Å². The van der Waals surface area contributed by atoms with Crippen molar-refractivity contribution in [1.82, 2.24) is 5.32 Å². The number of hydrogen-bond acceptors (Lipinski definition) is 1. The summed E-state index contributed by atoms with van der Waals surface area (Å²) in [5.74, 6) is 0.862. The molecule has 1 heteroatoms. The zero-order valence-corrected chi connectivity index (χ0v) is 13.3. The lowest BCUT2D eigenvalue weighted by atomic mass is 9.92. The lowest BCUT2D eigenvalue weighted by Crippen LogP contribution is -2.33. The van der Waals surface area contributed by atoms with E-state index >= 15 is 0 Å². The molecule has 0 aromatic heterocycles. The molecule has 0 aliphatic heterocycles. The highest BCUT2D eigenvalue weighted by molar-refractivity contribution is 5.39. The van der Waals surface area contributed by atoms with E-state index in [4.69, 9.17) is 0 Å². The predicted octanol–water partition coefficient (Wildman–Crippen LogP) is 4.78. The van der Waals surface area contributed by atoms with Crippen LogP contribution < -0.4 is 5.32 Å². The molecule has 0 spiro atoms. The molecule has 0 saturated heterocycles. The van der Waals surface area contributed by atoms with E-state index in [2.05, 4.69) is 74.6 Å². The monoisotopic (exact) mass is 279 g/mol. The van der Waals surface area contributed by atoms with Crippen molar-refractivity contribution in [2.75, 3.05) is 0 Å². The Morgan fingerprint density at radius 3 is 2.38 bits per heavy atom. The van der Waals surface area contributed by atoms with Crippen LogP contribution in [-0.2, 0) is 0 Å². The van der Waals surface area contributed by atoms with Gasteiger partial charge in [0.05, 0.1) is 6.04 Å². The molecule has 1 aliphatic rings. The van der Waals surface area contributed by atoms with Gasteiger partial charge in [0.15, 0.2) is 0 Å². The number of rotatable bonds is 5. The van der Waals surface area contributed by atoms with Crippen LogP contribution in [-0.4, -0.2) is 6.04 Å². The summed E-state index contributed by atoms with van der Waals surface area (Å²) in [7, 11) is 0. The van der Waals surface area contributed by atoms with Crippen LogP contribution in [0.3, 0.4) is 0 Å². The van der Waals surface area contributed by atoms with E-state index in [1.807, 2.05) is 0 Å². The average molecular weight is 279 g/mol. The summed E-state index contributed by atoms with van der Waals surface area (Å²) in [6.45, 7) is 6.72. The summed E-state index contributed by atoms with van der Waals surface area (Å²) < 4.78 is 0. The Labute approximate surface area is 128 Å². The van der Waals surface area contributed by atoms with E-state index in [1.165, 1.54) is 35.1 Å². The molecule has 2 unspecified atom stereocenters. The van der Waals surface area contributed by atoms with Crippen molar-refractivity contribution >= 4 is 0 Å². The third-order valence-corrected chi connectivity index (χ3v) is 4.64. The second kappa shape index (κ2) is 6.03. The van der Waals surface area contributed by atoms with Gasteiger partial charge in [0.2, 0.25) is 0 Å². The fourth-order valence-electron chi connectivity index (χ4n) is 3.08. The standard InChI is InChI=1S/C20H25N/c1-14-9-10-15(2)19(13-14)20(18-7-5-4-6-8-18)21-16(3)17-11-12-17/h4-10,13,16-17,20-21H,11-12H2,1-3H3. The van der Waals surface area contributed by atoms with Gasteiger partial charge >= 0.3 is 0 Å². The molecule has 1 fully saturated rings. The molecule has 2 atom stereocenters. The van der Waals surface area contributed by atoms with Crippen LogP contribution in [0.4, 0.5) is 0 Å². The second-order valence-electron chi connectivity index (χ2n) is 6.50. The fraction of sp³-hybridized carbons (Fsp3) is 0.400. The van der Waals surface area contributed by atoms with Crippen molar-refractivity contribution in [2.45, 2.75) is 45.7 Å². The summed E-state index contributed by atoms with van der Waals surface area (Å²) in [5, 5.41) is 3.88. The first-order chi connectivity index (χ1) is 10.1. The highest BCUT2D eigenvalue weighted by atomic mass is 15.0. The van der Waals surface area contributed by atoms with Gasteiger partial charge in [-0.15, -0.1) is 0 Å². The summed E-state index contributed by atoms with van der Waals surface area (Å²) in [6, 6.07) is 18.5. The van der Waals surface area contributed by atoms with Crippen LogP contribution in [0.25, 0.3) is 0 Å². The highest BCUT2D eigenvalue weighted by Gasteiger charge is 2.30. The zero-order chi connectivity index (χ0) is 14.8. The summed E-state index contributed by atoms with van der Waals surface area (Å²) in [5.41, 5.74) is 5.47. The van der Waals surface area contributed by atoms with Gasteiger partial charge in [0.1, 0.15) is 0 Å². The van der Waals surface area contributed by atoms with E-state index in [9.17, 15) is 0 Å². The van der Waals surface area contributed by atoms with E-state index in [0.29, 0.717) is 12.1 Å². The first-order valence-corrected chi connectivity index (χ1v) is 8.03. The maximum atomic E-state index is 3.88. The molecule has 0 amide bonds. The Morgan fingerprint density at radius 2 is 1.71 bits per heavy atom. The third-order valence-electron chi connectivity index (χ3n) is 4.64. The Balaban J connectivity index is 1.96. The molecule has 1 aliphatic carbocycles. The smallest absolute Gasteiger partial charge is 0.0581 e. The van der Waals surface area contributed by atoms with Crippen molar-refractivity contribution in [1.29, 1.82) is 0 Å². The highest BCUT2D eigenvalue weighted by Crippen LogP contribution is 2.35. The summed E-state index contributed by atoms with van der Waals surface area (Å²) >= 11 is 0. The molecule has 1 N–H and O–H groups in total. The molecule has 1 nitrogen and oxygen atoms in total. The molecule has 2 aromatic rings. The van der Waals surface area contributed by atoms with Gasteiger partial charge in [0.25, 0.3) is 0 Å². The molecular formula is C20H25N. The van der Waals surface area contributed by atoms with Gasteiger partial charge in [-0.2, -0.15) is 0 Å². The van der Waals surface area contributed by atoms with Crippen molar-refractivity contribution < 1.29 is 0 Å². The quantitative estimate of drug-likeness (QED) is 0.830. The molecule has 2 aromatic carbocycles. The Kier molecular flexibility index (Phi) is 4.12. The van der Waals surface area contributed by atoms with Gasteiger partial charge in [-0.3, -0.25) is 0 Å². The second-order valence-corrected chi connectivity index (χ2v) is 6.50. The van der Waals surface area contributed by atoms with Gasteiger partial charge < -0.3 is 5.32 Å². The minimum absolute atomic E-state index is 0.293. The van der Waals surface area contributed by atoms with E-state index in [1.54, 1.807) is 0 Å². The van der Waals surface area contributed by atoms with Gasteiger partial charge in [0, 0.05) is 6.04 Å². The lowest BCUT2D eigenvalue weighted by molar-refractivity contribution is 0.456. The maximum Gasteiger partial charge on any atom is 0.0581 e. The molecule has 21 heavy (non-hydrogen) atoms. The molecule has 1 saturated carbocycles. The van der Waals surface area contributed by atoms with Crippen LogP contribution in [0.1, 0.15) is 48.1 Å². The van der Waals surface area contributed by atoms with E-state index in [-0.39, 0.29) is 0 Å². The van der Waals surface area contributed by atoms with Crippen LogP contribution in [0, 0.1) is 19.8 Å². The lowest BCUT2D eigenvalue weighted by Gasteiger charge is -2.26. The fourth-order valence-corrected chi connectivity index (χ4v) is 3.08. The molecular weight excluding hydrogens is 254 g/mol. The minimum Gasteiger partial charge on any atom is -0.303 e. The van der Waals surface area contributed by atoms with Crippen molar-refractivity contribution in [3.63, 3.8) is 0 Å². The Bertz CT molecular complexity index is 598. The van der Waals surface area contributed by atoms with Crippen molar-refractivity contribution in [2.24, 2.45) is 5.92 Å². The first-order valence-electron chi connectivity index (χ1n) is 8.03. The Morgan fingerprint density at radius 1 is 1.00 bits per heavy atom. The van der Waals surface area contributed by atoms with Gasteiger partial charge in [-0.25, -0.2) is 0 Å². The normalized spacial score (nSPS) is 17.5. The zero-order valence-electron chi connectivity index (χ0n) is 13.3. The SMILES string of the molecule is Cc1ccc(C)c(C(NC(C)C2CC2)c2ccccc2)c1. The van der Waals surface area contributed by atoms with Crippen LogP contribution >= 0.6 is 0 Å².